The molecular formula is C9H11FN2S. The first-order valence-electron chi connectivity index (χ1n) is 3.90. The minimum atomic E-state index is -0.229. The molecule has 0 saturated carbocycles. The zero-order valence-corrected chi connectivity index (χ0v) is 7.90. The Kier molecular flexibility index (Phi) is 3.76. The first-order chi connectivity index (χ1) is 6.18. The molecule has 1 aromatic rings. The summed E-state index contributed by atoms with van der Waals surface area (Å²) >= 11 is 1.50. The average molecular weight is 198 g/mol. The summed E-state index contributed by atoms with van der Waals surface area (Å²) in [6, 6.07) is 6.40. The van der Waals surface area contributed by atoms with Gasteiger partial charge in [-0.15, -0.1) is 11.8 Å². The summed E-state index contributed by atoms with van der Waals surface area (Å²) in [5.74, 6) is 0.662. The van der Waals surface area contributed by atoms with Crippen molar-refractivity contribution in [3.8, 4) is 0 Å². The van der Waals surface area contributed by atoms with E-state index in [9.17, 15) is 4.39 Å². The maximum Gasteiger partial charge on any atom is 0.124 e. The molecule has 0 spiro atoms. The van der Waals surface area contributed by atoms with Gasteiger partial charge in [0, 0.05) is 17.1 Å². The van der Waals surface area contributed by atoms with Gasteiger partial charge >= 0.3 is 0 Å². The minimum Gasteiger partial charge on any atom is -0.388 e. The molecule has 1 aromatic carbocycles. The first kappa shape index (κ1) is 10.1. The number of hydrogen-bond donors (Lipinski definition) is 2. The van der Waals surface area contributed by atoms with Crippen molar-refractivity contribution < 1.29 is 4.39 Å². The number of nitrogens with two attached hydrogens (primary N) is 1. The molecule has 0 aliphatic heterocycles. The molecule has 0 bridgehead atoms. The largest absolute Gasteiger partial charge is 0.388 e. The summed E-state index contributed by atoms with van der Waals surface area (Å²) in [6.45, 7) is 0. The quantitative estimate of drug-likeness (QED) is 0.443. The summed E-state index contributed by atoms with van der Waals surface area (Å²) in [6.07, 6.45) is 0.543. The molecule has 0 amide bonds. The van der Waals surface area contributed by atoms with Gasteiger partial charge in [-0.05, 0) is 18.2 Å². The van der Waals surface area contributed by atoms with Crippen LogP contribution in [0.5, 0.6) is 0 Å². The third kappa shape index (κ3) is 3.94. The predicted octanol–water partition coefficient (Wildman–Crippen LogP) is 2.24. The number of nitrogens with one attached hydrogen (secondary N) is 1. The highest BCUT2D eigenvalue weighted by Gasteiger charge is 1.96. The van der Waals surface area contributed by atoms with E-state index in [0.29, 0.717) is 6.42 Å². The number of hydrogen-bond acceptors (Lipinski definition) is 2. The highest BCUT2D eigenvalue weighted by Crippen LogP contribution is 2.18. The Hall–Kier alpha value is -1.03. The lowest BCUT2D eigenvalue weighted by Gasteiger charge is -2.00. The number of amidine groups is 1. The van der Waals surface area contributed by atoms with Crippen molar-refractivity contribution in [3.63, 3.8) is 0 Å². The van der Waals surface area contributed by atoms with Gasteiger partial charge in [0.25, 0.3) is 0 Å². The molecule has 0 atom stereocenters. The molecule has 0 fully saturated rings. The maximum atomic E-state index is 12.7. The molecule has 0 heterocycles. The molecule has 2 nitrogen and oxygen atoms in total. The fourth-order valence-electron chi connectivity index (χ4n) is 0.836. The van der Waals surface area contributed by atoms with Gasteiger partial charge in [-0.2, -0.15) is 0 Å². The molecule has 1 rings (SSSR count). The smallest absolute Gasteiger partial charge is 0.124 e. The number of thioether (sulfide) groups is 1. The van der Waals surface area contributed by atoms with Crippen molar-refractivity contribution in [2.24, 2.45) is 5.73 Å². The van der Waals surface area contributed by atoms with Crippen LogP contribution in [0.4, 0.5) is 4.39 Å². The lowest BCUT2D eigenvalue weighted by molar-refractivity contribution is 0.624. The van der Waals surface area contributed by atoms with Crippen molar-refractivity contribution in [2.75, 3.05) is 5.75 Å². The monoisotopic (exact) mass is 198 g/mol. The molecular weight excluding hydrogens is 187 g/mol. The second-order valence-electron chi connectivity index (χ2n) is 2.58. The molecule has 13 heavy (non-hydrogen) atoms. The zero-order valence-electron chi connectivity index (χ0n) is 7.09. The molecule has 3 N–H and O–H groups in total. The van der Waals surface area contributed by atoms with Gasteiger partial charge in [0.05, 0.1) is 5.84 Å². The SMILES string of the molecule is N=C(N)CCSc1cccc(F)c1. The molecule has 0 saturated heterocycles. The maximum absolute atomic E-state index is 12.7. The van der Waals surface area contributed by atoms with Crippen LogP contribution in [0.25, 0.3) is 0 Å². The number of rotatable bonds is 4. The van der Waals surface area contributed by atoms with Gasteiger partial charge in [-0.1, -0.05) is 6.07 Å². The fraction of sp³-hybridized carbons (Fsp3) is 0.222. The standard InChI is InChI=1S/C9H11FN2S/c10-7-2-1-3-8(6-7)13-5-4-9(11)12/h1-3,6H,4-5H2,(H3,11,12). The summed E-state index contributed by atoms with van der Waals surface area (Å²) in [5, 5.41) is 6.99. The third-order valence-electron chi connectivity index (χ3n) is 1.44. The van der Waals surface area contributed by atoms with Crippen LogP contribution >= 0.6 is 11.8 Å². The van der Waals surface area contributed by atoms with Gasteiger partial charge < -0.3 is 5.73 Å². The molecule has 4 heteroatoms. The van der Waals surface area contributed by atoms with Crippen LogP contribution in [0.3, 0.4) is 0 Å². The fourth-order valence-corrected chi connectivity index (χ4v) is 1.76. The molecule has 0 aliphatic rings. The summed E-state index contributed by atoms with van der Waals surface area (Å²) in [7, 11) is 0. The normalized spacial score (nSPS) is 9.92. The van der Waals surface area contributed by atoms with Gasteiger partial charge in [-0.25, -0.2) is 4.39 Å². The predicted molar refractivity (Wildman–Crippen MR) is 53.7 cm³/mol. The molecule has 0 aromatic heterocycles. The van der Waals surface area contributed by atoms with E-state index in [0.717, 1.165) is 10.6 Å². The van der Waals surface area contributed by atoms with Crippen molar-refractivity contribution in [2.45, 2.75) is 11.3 Å². The molecule has 0 unspecified atom stereocenters. The Morgan fingerprint density at radius 1 is 1.54 bits per heavy atom. The summed E-state index contributed by atoms with van der Waals surface area (Å²) in [5.41, 5.74) is 5.18. The van der Waals surface area contributed by atoms with Gasteiger partial charge in [0.15, 0.2) is 0 Å². The average Bonchev–Trinajstić information content (AvgIpc) is 2.03. The van der Waals surface area contributed by atoms with E-state index in [-0.39, 0.29) is 11.7 Å². The van der Waals surface area contributed by atoms with E-state index in [1.54, 1.807) is 6.07 Å². The highest BCUT2D eigenvalue weighted by molar-refractivity contribution is 7.99. The van der Waals surface area contributed by atoms with Crippen LogP contribution in [0.2, 0.25) is 0 Å². The van der Waals surface area contributed by atoms with Gasteiger partial charge in [-0.3, -0.25) is 5.41 Å². The summed E-state index contributed by atoms with van der Waals surface area (Å²) < 4.78 is 12.7. The number of benzene rings is 1. The lowest BCUT2D eigenvalue weighted by Crippen LogP contribution is -2.09. The third-order valence-corrected chi connectivity index (χ3v) is 2.43. The Balaban J connectivity index is 2.41. The topological polar surface area (TPSA) is 49.9 Å². The Bertz CT molecular complexity index is 301. The van der Waals surface area contributed by atoms with Crippen molar-refractivity contribution in [1.82, 2.24) is 0 Å². The highest BCUT2D eigenvalue weighted by atomic mass is 32.2. The molecule has 70 valence electrons. The molecule has 0 aliphatic carbocycles. The van der Waals surface area contributed by atoms with Crippen molar-refractivity contribution in [1.29, 1.82) is 5.41 Å². The molecule has 0 radical (unpaired) electrons. The summed E-state index contributed by atoms with van der Waals surface area (Å²) in [4.78, 5) is 0.876. The van der Waals surface area contributed by atoms with Crippen molar-refractivity contribution in [3.05, 3.63) is 30.1 Å². The van der Waals surface area contributed by atoms with E-state index in [4.69, 9.17) is 11.1 Å². The number of halogens is 1. The Morgan fingerprint density at radius 3 is 2.92 bits per heavy atom. The van der Waals surface area contributed by atoms with Gasteiger partial charge in [0.2, 0.25) is 0 Å². The van der Waals surface area contributed by atoms with E-state index < -0.39 is 0 Å². The van der Waals surface area contributed by atoms with Crippen LogP contribution < -0.4 is 5.73 Å². The lowest BCUT2D eigenvalue weighted by atomic mass is 10.4. The van der Waals surface area contributed by atoms with E-state index in [2.05, 4.69) is 0 Å². The van der Waals surface area contributed by atoms with E-state index in [1.807, 2.05) is 6.07 Å². The van der Waals surface area contributed by atoms with Gasteiger partial charge in [0.1, 0.15) is 5.82 Å². The second-order valence-corrected chi connectivity index (χ2v) is 3.75. The Labute approximate surface area is 80.8 Å². The van der Waals surface area contributed by atoms with Crippen LogP contribution in [-0.4, -0.2) is 11.6 Å². The van der Waals surface area contributed by atoms with Crippen LogP contribution in [0, 0.1) is 11.2 Å². The van der Waals surface area contributed by atoms with Crippen LogP contribution in [-0.2, 0) is 0 Å². The van der Waals surface area contributed by atoms with Crippen LogP contribution in [0.15, 0.2) is 29.2 Å². The van der Waals surface area contributed by atoms with Crippen molar-refractivity contribution >= 4 is 17.6 Å². The first-order valence-corrected chi connectivity index (χ1v) is 4.88. The zero-order chi connectivity index (χ0) is 9.68. The Morgan fingerprint density at radius 2 is 2.31 bits per heavy atom. The van der Waals surface area contributed by atoms with E-state index in [1.165, 1.54) is 23.9 Å². The minimum absolute atomic E-state index is 0.170. The van der Waals surface area contributed by atoms with E-state index >= 15 is 0 Å². The van der Waals surface area contributed by atoms with Crippen LogP contribution in [0.1, 0.15) is 6.42 Å². The second kappa shape index (κ2) is 4.87.